The van der Waals surface area contributed by atoms with Gasteiger partial charge in [-0.1, -0.05) is 12.1 Å². The van der Waals surface area contributed by atoms with Gasteiger partial charge in [-0.05, 0) is 32.8 Å². The van der Waals surface area contributed by atoms with Crippen LogP contribution in [0.5, 0.6) is 5.75 Å². The van der Waals surface area contributed by atoms with Gasteiger partial charge in [0.2, 0.25) is 5.78 Å². The Labute approximate surface area is 111 Å². The summed E-state index contributed by atoms with van der Waals surface area (Å²) < 4.78 is 11.8. The number of hydrogen-bond acceptors (Lipinski definition) is 3. The Morgan fingerprint density at radius 1 is 1.32 bits per heavy atom. The lowest BCUT2D eigenvalue weighted by Gasteiger charge is -2.16. The number of ketones is 1. The van der Waals surface area contributed by atoms with Crippen LogP contribution in [-0.2, 0) is 6.42 Å². The van der Waals surface area contributed by atoms with E-state index in [1.807, 2.05) is 12.1 Å². The number of fused-ring (bicyclic) bond motifs is 3. The molecule has 3 nitrogen and oxygen atoms in total. The van der Waals surface area contributed by atoms with Crippen LogP contribution in [0, 0.1) is 5.92 Å². The maximum atomic E-state index is 12.1. The van der Waals surface area contributed by atoms with Gasteiger partial charge < -0.3 is 9.15 Å². The van der Waals surface area contributed by atoms with Gasteiger partial charge in [0.05, 0.1) is 0 Å². The highest BCUT2D eigenvalue weighted by atomic mass is 16.5. The molecule has 1 fully saturated rings. The summed E-state index contributed by atoms with van der Waals surface area (Å²) in [5, 5.41) is 0.959. The second-order valence-electron chi connectivity index (χ2n) is 6.26. The first-order valence-corrected chi connectivity index (χ1v) is 6.82. The Morgan fingerprint density at radius 2 is 2.11 bits per heavy atom. The van der Waals surface area contributed by atoms with Crippen molar-refractivity contribution >= 4 is 16.8 Å². The molecule has 4 rings (SSSR count). The summed E-state index contributed by atoms with van der Waals surface area (Å²) in [5.41, 5.74) is 1.70. The van der Waals surface area contributed by atoms with Gasteiger partial charge in [0.15, 0.2) is 17.1 Å². The zero-order chi connectivity index (χ0) is 13.2. The van der Waals surface area contributed by atoms with E-state index in [4.69, 9.17) is 9.15 Å². The molecule has 3 heteroatoms. The number of hydrogen-bond donors (Lipinski definition) is 0. The smallest absolute Gasteiger partial charge is 0.201 e. The SMILES string of the molecule is CC1(C)Cc2ccc3cc(C(=O)C4CC4)oc3c2O1. The molecule has 0 radical (unpaired) electrons. The number of benzene rings is 1. The van der Waals surface area contributed by atoms with Crippen LogP contribution < -0.4 is 4.74 Å². The van der Waals surface area contributed by atoms with Crippen LogP contribution in [0.4, 0.5) is 0 Å². The maximum absolute atomic E-state index is 12.1. The van der Waals surface area contributed by atoms with Crippen LogP contribution in [0.2, 0.25) is 0 Å². The largest absolute Gasteiger partial charge is 0.483 e. The summed E-state index contributed by atoms with van der Waals surface area (Å²) >= 11 is 0. The highest BCUT2D eigenvalue weighted by Crippen LogP contribution is 2.42. The average molecular weight is 256 g/mol. The van der Waals surface area contributed by atoms with E-state index < -0.39 is 0 Å². The monoisotopic (exact) mass is 256 g/mol. The van der Waals surface area contributed by atoms with Crippen molar-refractivity contribution in [2.75, 3.05) is 0 Å². The quantitative estimate of drug-likeness (QED) is 0.768. The average Bonchev–Trinajstić information content (AvgIpc) is 3.01. The summed E-state index contributed by atoms with van der Waals surface area (Å²) in [5.74, 6) is 1.63. The molecule has 19 heavy (non-hydrogen) atoms. The third-order valence-electron chi connectivity index (χ3n) is 3.91. The molecule has 1 saturated carbocycles. The van der Waals surface area contributed by atoms with Crippen LogP contribution in [0.1, 0.15) is 42.8 Å². The van der Waals surface area contributed by atoms with E-state index in [1.54, 1.807) is 0 Å². The van der Waals surface area contributed by atoms with Crippen LogP contribution in [0.25, 0.3) is 11.0 Å². The number of Topliss-reactive ketones (excluding diaryl/α,β-unsaturated/α-hetero) is 1. The van der Waals surface area contributed by atoms with E-state index >= 15 is 0 Å². The molecule has 1 aromatic heterocycles. The van der Waals surface area contributed by atoms with Gasteiger partial charge >= 0.3 is 0 Å². The number of rotatable bonds is 2. The number of ether oxygens (including phenoxy) is 1. The fourth-order valence-corrected chi connectivity index (χ4v) is 2.81. The van der Waals surface area contributed by atoms with Crippen molar-refractivity contribution in [3.8, 4) is 5.75 Å². The van der Waals surface area contributed by atoms with E-state index in [0.29, 0.717) is 5.76 Å². The van der Waals surface area contributed by atoms with Crippen LogP contribution >= 0.6 is 0 Å². The fraction of sp³-hybridized carbons (Fsp3) is 0.438. The van der Waals surface area contributed by atoms with E-state index in [9.17, 15) is 4.79 Å². The molecule has 1 aliphatic carbocycles. The first kappa shape index (κ1) is 11.1. The lowest BCUT2D eigenvalue weighted by atomic mass is 10.0. The van der Waals surface area contributed by atoms with E-state index in [-0.39, 0.29) is 17.3 Å². The molecular weight excluding hydrogens is 240 g/mol. The molecule has 0 spiro atoms. The van der Waals surface area contributed by atoms with Gasteiger partial charge in [-0.3, -0.25) is 4.79 Å². The molecule has 2 aliphatic rings. The van der Waals surface area contributed by atoms with Crippen molar-refractivity contribution in [3.05, 3.63) is 29.5 Å². The van der Waals surface area contributed by atoms with Crippen molar-refractivity contribution < 1.29 is 13.9 Å². The molecular formula is C16H16O3. The van der Waals surface area contributed by atoms with Gasteiger partial charge in [-0.2, -0.15) is 0 Å². The molecule has 0 amide bonds. The van der Waals surface area contributed by atoms with E-state index in [1.165, 1.54) is 0 Å². The Kier molecular flexibility index (Phi) is 1.99. The predicted octanol–water partition coefficient (Wildman–Crippen LogP) is 3.74. The first-order chi connectivity index (χ1) is 9.03. The molecule has 0 atom stereocenters. The third kappa shape index (κ3) is 1.68. The van der Waals surface area contributed by atoms with Gasteiger partial charge in [0, 0.05) is 23.3 Å². The number of carbonyl (C=O) groups excluding carboxylic acids is 1. The summed E-state index contributed by atoms with van der Waals surface area (Å²) in [6, 6.07) is 5.95. The van der Waals surface area contributed by atoms with Gasteiger partial charge in [0.25, 0.3) is 0 Å². The molecule has 2 aromatic rings. The van der Waals surface area contributed by atoms with Crippen LogP contribution in [0.15, 0.2) is 22.6 Å². The lowest BCUT2D eigenvalue weighted by molar-refractivity contribution is 0.0942. The van der Waals surface area contributed by atoms with Crippen molar-refractivity contribution in [2.45, 2.75) is 38.7 Å². The summed E-state index contributed by atoms with van der Waals surface area (Å²) in [4.78, 5) is 12.1. The second kappa shape index (κ2) is 3.41. The standard InChI is InChI=1S/C16H16O3/c1-16(2)8-11-6-5-10-7-12(13(17)9-3-4-9)18-14(10)15(11)19-16/h5-7,9H,3-4,8H2,1-2H3. The molecule has 0 saturated heterocycles. The Morgan fingerprint density at radius 3 is 2.84 bits per heavy atom. The predicted molar refractivity (Wildman–Crippen MR) is 71.7 cm³/mol. The summed E-state index contributed by atoms with van der Waals surface area (Å²) in [6.45, 7) is 4.13. The lowest BCUT2D eigenvalue weighted by Crippen LogP contribution is -2.24. The highest BCUT2D eigenvalue weighted by molar-refractivity contribution is 6.01. The minimum atomic E-state index is -0.190. The van der Waals surface area contributed by atoms with Gasteiger partial charge in [-0.15, -0.1) is 0 Å². The normalized spacial score (nSPS) is 20.3. The molecule has 0 unspecified atom stereocenters. The van der Waals surface area contributed by atoms with E-state index in [2.05, 4.69) is 19.9 Å². The fourth-order valence-electron chi connectivity index (χ4n) is 2.81. The van der Waals surface area contributed by atoms with Crippen LogP contribution in [0.3, 0.4) is 0 Å². The zero-order valence-electron chi connectivity index (χ0n) is 11.2. The summed E-state index contributed by atoms with van der Waals surface area (Å²) in [7, 11) is 0. The maximum Gasteiger partial charge on any atom is 0.201 e. The third-order valence-corrected chi connectivity index (χ3v) is 3.91. The second-order valence-corrected chi connectivity index (χ2v) is 6.26. The minimum absolute atomic E-state index is 0.141. The van der Waals surface area contributed by atoms with Gasteiger partial charge in [-0.25, -0.2) is 0 Å². The Hall–Kier alpha value is -1.77. The Balaban J connectivity index is 1.84. The van der Waals surface area contributed by atoms with Crippen molar-refractivity contribution in [2.24, 2.45) is 5.92 Å². The summed E-state index contributed by atoms with van der Waals surface area (Å²) in [6.07, 6.45) is 2.87. The Bertz CT molecular complexity index is 689. The zero-order valence-corrected chi connectivity index (χ0v) is 11.2. The number of furan rings is 1. The van der Waals surface area contributed by atoms with Gasteiger partial charge in [0.1, 0.15) is 5.60 Å². The molecule has 1 aliphatic heterocycles. The van der Waals surface area contributed by atoms with Crippen molar-refractivity contribution in [3.63, 3.8) is 0 Å². The molecule has 0 bridgehead atoms. The highest BCUT2D eigenvalue weighted by Gasteiger charge is 2.35. The molecule has 98 valence electrons. The topological polar surface area (TPSA) is 39.4 Å². The molecule has 1 aromatic carbocycles. The number of carbonyl (C=O) groups is 1. The van der Waals surface area contributed by atoms with Crippen molar-refractivity contribution in [1.29, 1.82) is 0 Å². The first-order valence-electron chi connectivity index (χ1n) is 6.82. The van der Waals surface area contributed by atoms with Crippen LogP contribution in [-0.4, -0.2) is 11.4 Å². The minimum Gasteiger partial charge on any atom is -0.483 e. The van der Waals surface area contributed by atoms with E-state index in [0.717, 1.165) is 41.5 Å². The van der Waals surface area contributed by atoms with Crippen molar-refractivity contribution in [1.82, 2.24) is 0 Å². The molecule has 0 N–H and O–H groups in total. The molecule has 2 heterocycles.